The van der Waals surface area contributed by atoms with E-state index in [-0.39, 0.29) is 5.97 Å². The average Bonchev–Trinajstić information content (AvgIpc) is 3.01. The molecule has 26 heavy (non-hydrogen) atoms. The first kappa shape index (κ1) is 19.7. The number of anilines is 1. The first-order chi connectivity index (χ1) is 12.6. The molecule has 0 aliphatic rings. The van der Waals surface area contributed by atoms with Gasteiger partial charge in [-0.2, -0.15) is 5.10 Å². The van der Waals surface area contributed by atoms with E-state index >= 15 is 0 Å². The Kier molecular flexibility index (Phi) is 7.40. The molecule has 2 rings (SSSR count). The molecule has 7 nitrogen and oxygen atoms in total. The van der Waals surface area contributed by atoms with Gasteiger partial charge in [0.25, 0.3) is 0 Å². The Bertz CT molecular complexity index is 774. The third-order valence-corrected chi connectivity index (χ3v) is 4.32. The number of esters is 1. The molecule has 0 atom stereocenters. The Morgan fingerprint density at radius 3 is 2.85 bits per heavy atom. The van der Waals surface area contributed by atoms with Gasteiger partial charge in [0.05, 0.1) is 32.2 Å². The lowest BCUT2D eigenvalue weighted by atomic mass is 10.2. The van der Waals surface area contributed by atoms with Crippen LogP contribution < -0.4 is 14.9 Å². The average molecular weight is 377 g/mol. The summed E-state index contributed by atoms with van der Waals surface area (Å²) in [5.41, 5.74) is 4.31. The first-order valence-electron chi connectivity index (χ1n) is 8.33. The van der Waals surface area contributed by atoms with Crippen LogP contribution in [0.25, 0.3) is 0 Å². The van der Waals surface area contributed by atoms with E-state index in [0.717, 1.165) is 12.0 Å². The van der Waals surface area contributed by atoms with Crippen LogP contribution in [0.1, 0.15) is 41.2 Å². The number of rotatable bonds is 9. The molecule has 1 aromatic carbocycles. The third kappa shape index (κ3) is 5.19. The maximum absolute atomic E-state index is 11.8. The molecule has 1 N–H and O–H groups in total. The number of nitrogens with zero attached hydrogens (tertiary/aromatic N) is 2. The van der Waals surface area contributed by atoms with Crippen molar-refractivity contribution in [2.45, 2.75) is 27.2 Å². The molecule has 0 radical (unpaired) electrons. The Morgan fingerprint density at radius 1 is 1.35 bits per heavy atom. The van der Waals surface area contributed by atoms with Crippen molar-refractivity contribution in [1.82, 2.24) is 4.98 Å². The molecule has 0 bridgehead atoms. The van der Waals surface area contributed by atoms with Crippen LogP contribution in [-0.4, -0.2) is 37.5 Å². The highest BCUT2D eigenvalue weighted by atomic mass is 32.1. The molecule has 0 spiro atoms. The van der Waals surface area contributed by atoms with Crippen LogP contribution in [0, 0.1) is 6.92 Å². The summed E-state index contributed by atoms with van der Waals surface area (Å²) in [6.07, 6.45) is 2.56. The van der Waals surface area contributed by atoms with Gasteiger partial charge < -0.3 is 14.2 Å². The molecule has 0 fully saturated rings. The standard InChI is InChI=1S/C18H23N3O4S/c1-5-9-25-15-10-13(7-8-14(15)23-4)11-19-21-18-20-12(3)16(26-18)17(22)24-6-2/h7-8,10-11H,5-6,9H2,1-4H3,(H,20,21)/b19-11-. The second-order valence-corrected chi connectivity index (χ2v) is 6.28. The number of methoxy groups -OCH3 is 1. The molecule has 8 heteroatoms. The first-order valence-corrected chi connectivity index (χ1v) is 9.15. The Morgan fingerprint density at radius 2 is 2.15 bits per heavy atom. The Labute approximate surface area is 157 Å². The van der Waals surface area contributed by atoms with Crippen molar-refractivity contribution in [3.05, 3.63) is 34.3 Å². The zero-order chi connectivity index (χ0) is 18.9. The summed E-state index contributed by atoms with van der Waals surface area (Å²) in [6.45, 7) is 6.52. The van der Waals surface area contributed by atoms with Crippen LogP contribution in [0.5, 0.6) is 11.5 Å². The number of hydrazone groups is 1. The number of thiazole rings is 1. The molecule has 1 aromatic heterocycles. The highest BCUT2D eigenvalue weighted by molar-refractivity contribution is 7.17. The van der Waals surface area contributed by atoms with E-state index in [9.17, 15) is 4.79 Å². The molecule has 0 saturated carbocycles. The van der Waals surface area contributed by atoms with E-state index in [1.54, 1.807) is 27.2 Å². The van der Waals surface area contributed by atoms with E-state index in [2.05, 4.69) is 15.5 Å². The minimum absolute atomic E-state index is 0.330. The van der Waals surface area contributed by atoms with E-state index in [4.69, 9.17) is 14.2 Å². The number of ether oxygens (including phenoxy) is 3. The summed E-state index contributed by atoms with van der Waals surface area (Å²) < 4.78 is 16.0. The van der Waals surface area contributed by atoms with Gasteiger partial charge in [0.1, 0.15) is 4.88 Å². The van der Waals surface area contributed by atoms with Crippen molar-refractivity contribution in [2.75, 3.05) is 25.7 Å². The van der Waals surface area contributed by atoms with Crippen LogP contribution >= 0.6 is 11.3 Å². The van der Waals surface area contributed by atoms with Crippen molar-refractivity contribution in [1.29, 1.82) is 0 Å². The van der Waals surface area contributed by atoms with Crippen molar-refractivity contribution >= 4 is 28.7 Å². The van der Waals surface area contributed by atoms with Crippen LogP contribution in [0.3, 0.4) is 0 Å². The van der Waals surface area contributed by atoms with Gasteiger partial charge in [-0.15, -0.1) is 0 Å². The lowest BCUT2D eigenvalue weighted by Crippen LogP contribution is -2.03. The third-order valence-electron chi connectivity index (χ3n) is 3.28. The second kappa shape index (κ2) is 9.76. The topological polar surface area (TPSA) is 82.0 Å². The number of hydrogen-bond donors (Lipinski definition) is 1. The van der Waals surface area contributed by atoms with Gasteiger partial charge in [-0.05, 0) is 44.0 Å². The summed E-state index contributed by atoms with van der Waals surface area (Å²) in [7, 11) is 1.61. The molecule has 0 saturated heterocycles. The normalized spacial score (nSPS) is 10.8. The van der Waals surface area contributed by atoms with Crippen molar-refractivity contribution in [3.8, 4) is 11.5 Å². The second-order valence-electron chi connectivity index (χ2n) is 5.28. The van der Waals surface area contributed by atoms with Gasteiger partial charge in [0.15, 0.2) is 11.5 Å². The molecule has 0 aliphatic heterocycles. The summed E-state index contributed by atoms with van der Waals surface area (Å²) >= 11 is 1.21. The minimum atomic E-state index is -0.368. The number of hydrogen-bond acceptors (Lipinski definition) is 8. The zero-order valence-corrected chi connectivity index (χ0v) is 16.2. The zero-order valence-electron chi connectivity index (χ0n) is 15.4. The van der Waals surface area contributed by atoms with Gasteiger partial charge in [-0.1, -0.05) is 18.3 Å². The minimum Gasteiger partial charge on any atom is -0.493 e. The van der Waals surface area contributed by atoms with Gasteiger partial charge in [-0.25, -0.2) is 9.78 Å². The highest BCUT2D eigenvalue weighted by Gasteiger charge is 2.15. The fourth-order valence-electron chi connectivity index (χ4n) is 2.09. The monoisotopic (exact) mass is 377 g/mol. The predicted octanol–water partition coefficient (Wildman–Crippen LogP) is 3.87. The largest absolute Gasteiger partial charge is 0.493 e. The van der Waals surface area contributed by atoms with Gasteiger partial charge in [0.2, 0.25) is 5.13 Å². The molecule has 0 amide bonds. The van der Waals surface area contributed by atoms with Crippen LogP contribution in [-0.2, 0) is 4.74 Å². The highest BCUT2D eigenvalue weighted by Crippen LogP contribution is 2.28. The van der Waals surface area contributed by atoms with Crippen molar-refractivity contribution in [2.24, 2.45) is 5.10 Å². The number of aromatic nitrogens is 1. The van der Waals surface area contributed by atoms with Gasteiger partial charge in [-0.3, -0.25) is 5.43 Å². The van der Waals surface area contributed by atoms with E-state index in [1.165, 1.54) is 11.3 Å². The number of nitrogens with one attached hydrogen (secondary N) is 1. The quantitative estimate of drug-likeness (QED) is 0.406. The van der Waals surface area contributed by atoms with Crippen molar-refractivity contribution in [3.63, 3.8) is 0 Å². The maximum Gasteiger partial charge on any atom is 0.350 e. The Balaban J connectivity index is 2.06. The lowest BCUT2D eigenvalue weighted by Gasteiger charge is -2.10. The fourth-order valence-corrected chi connectivity index (χ4v) is 2.90. The fraction of sp³-hybridized carbons (Fsp3) is 0.389. The van der Waals surface area contributed by atoms with Gasteiger partial charge >= 0.3 is 5.97 Å². The number of carbonyl (C=O) groups excluding carboxylic acids is 1. The number of carbonyl (C=O) groups is 1. The maximum atomic E-state index is 11.8. The molecular weight excluding hydrogens is 354 g/mol. The van der Waals surface area contributed by atoms with Crippen LogP contribution in [0.2, 0.25) is 0 Å². The smallest absolute Gasteiger partial charge is 0.350 e. The molecule has 0 aliphatic carbocycles. The Hall–Kier alpha value is -2.61. The summed E-state index contributed by atoms with van der Waals surface area (Å²) in [4.78, 5) is 16.6. The summed E-state index contributed by atoms with van der Waals surface area (Å²) in [6, 6.07) is 5.57. The van der Waals surface area contributed by atoms with E-state index in [1.807, 2.05) is 25.1 Å². The van der Waals surface area contributed by atoms with E-state index in [0.29, 0.717) is 40.4 Å². The van der Waals surface area contributed by atoms with Crippen LogP contribution in [0.15, 0.2) is 23.3 Å². The van der Waals surface area contributed by atoms with Gasteiger partial charge in [0, 0.05) is 0 Å². The number of aryl methyl sites for hydroxylation is 1. The SMILES string of the molecule is CCCOc1cc(/C=N\Nc2nc(C)c(C(=O)OCC)s2)ccc1OC. The summed E-state index contributed by atoms with van der Waals surface area (Å²) in [5, 5.41) is 4.70. The predicted molar refractivity (Wildman–Crippen MR) is 103 cm³/mol. The molecule has 2 aromatic rings. The molecule has 140 valence electrons. The summed E-state index contributed by atoms with van der Waals surface area (Å²) in [5.74, 6) is 0.985. The molecule has 1 heterocycles. The molecule has 0 unspecified atom stereocenters. The lowest BCUT2D eigenvalue weighted by molar-refractivity contribution is 0.0531. The van der Waals surface area contributed by atoms with E-state index < -0.39 is 0 Å². The molecular formula is C18H23N3O4S. The van der Waals surface area contributed by atoms with Crippen LogP contribution in [0.4, 0.5) is 5.13 Å². The van der Waals surface area contributed by atoms with Crippen molar-refractivity contribution < 1.29 is 19.0 Å². The number of benzene rings is 1.